The SMILES string of the molecule is Cc1c(NC(=O)[C@@H](Cc2ccccc2)NS(=O)(=O)c2cc(Cl)ccc2Cl)cccc1[N+](=O)[O-]. The maximum absolute atomic E-state index is 13.1. The standard InChI is InChI=1S/C22H19Cl2N3O5S/c1-14-18(8-5-9-20(14)27(29)30)25-22(28)19(12-15-6-3-2-4-7-15)26-33(31,32)21-13-16(23)10-11-17(21)24/h2-11,13,19,26H,12H2,1H3,(H,25,28)/t19-/m1/s1. The highest BCUT2D eigenvalue weighted by Crippen LogP contribution is 2.27. The zero-order chi connectivity index (χ0) is 24.2. The lowest BCUT2D eigenvalue weighted by molar-refractivity contribution is -0.385. The number of anilines is 1. The summed E-state index contributed by atoms with van der Waals surface area (Å²) in [6, 6.07) is 15.8. The van der Waals surface area contributed by atoms with E-state index < -0.39 is 26.9 Å². The average molecular weight is 508 g/mol. The molecule has 0 bridgehead atoms. The minimum atomic E-state index is -4.24. The summed E-state index contributed by atoms with van der Waals surface area (Å²) < 4.78 is 28.5. The smallest absolute Gasteiger partial charge is 0.274 e. The quantitative estimate of drug-likeness (QED) is 0.337. The van der Waals surface area contributed by atoms with E-state index in [4.69, 9.17) is 23.2 Å². The molecule has 11 heteroatoms. The molecule has 1 atom stereocenters. The minimum absolute atomic E-state index is 0.0259. The first-order valence-corrected chi connectivity index (χ1v) is 11.9. The van der Waals surface area contributed by atoms with Crippen molar-refractivity contribution in [2.75, 3.05) is 5.32 Å². The molecular formula is C22H19Cl2N3O5S. The summed E-state index contributed by atoms with van der Waals surface area (Å²) in [5.74, 6) is -0.691. The van der Waals surface area contributed by atoms with Crippen molar-refractivity contribution in [3.05, 3.63) is 98.0 Å². The first kappa shape index (κ1) is 24.7. The van der Waals surface area contributed by atoms with Gasteiger partial charge < -0.3 is 5.32 Å². The number of benzene rings is 3. The van der Waals surface area contributed by atoms with Crippen LogP contribution in [0.4, 0.5) is 11.4 Å². The Labute approximate surface area is 200 Å². The third-order valence-corrected chi connectivity index (χ3v) is 7.03. The molecule has 3 aromatic carbocycles. The van der Waals surface area contributed by atoms with Gasteiger partial charge in [0, 0.05) is 11.1 Å². The molecule has 0 aromatic heterocycles. The zero-order valence-corrected chi connectivity index (χ0v) is 19.6. The molecule has 0 aliphatic carbocycles. The van der Waals surface area contributed by atoms with Crippen LogP contribution in [0.25, 0.3) is 0 Å². The van der Waals surface area contributed by atoms with Gasteiger partial charge in [0.1, 0.15) is 10.9 Å². The highest BCUT2D eigenvalue weighted by molar-refractivity contribution is 7.89. The van der Waals surface area contributed by atoms with E-state index in [0.717, 1.165) is 0 Å². The van der Waals surface area contributed by atoms with E-state index >= 15 is 0 Å². The predicted octanol–water partition coefficient (Wildman–Crippen LogP) is 4.74. The summed E-state index contributed by atoms with van der Waals surface area (Å²) in [6.07, 6.45) is 0.0259. The number of halogens is 2. The molecule has 0 saturated carbocycles. The van der Waals surface area contributed by atoms with Gasteiger partial charge in [0.15, 0.2) is 0 Å². The number of nitrogens with one attached hydrogen (secondary N) is 2. The molecule has 8 nitrogen and oxygen atoms in total. The summed E-state index contributed by atoms with van der Waals surface area (Å²) in [6.45, 7) is 1.50. The maximum Gasteiger partial charge on any atom is 0.274 e. The number of nitro benzene ring substituents is 1. The molecule has 3 aromatic rings. The molecule has 1 amide bonds. The molecule has 33 heavy (non-hydrogen) atoms. The molecule has 0 fully saturated rings. The summed E-state index contributed by atoms with van der Waals surface area (Å²) >= 11 is 12.0. The van der Waals surface area contributed by atoms with Gasteiger partial charge >= 0.3 is 0 Å². The van der Waals surface area contributed by atoms with Crippen molar-refractivity contribution in [2.45, 2.75) is 24.3 Å². The first-order valence-electron chi connectivity index (χ1n) is 9.64. The molecule has 0 aliphatic rings. The second kappa shape index (κ2) is 10.3. The highest BCUT2D eigenvalue weighted by atomic mass is 35.5. The Bertz CT molecular complexity index is 1300. The number of nitrogens with zero attached hydrogens (tertiary/aromatic N) is 1. The van der Waals surface area contributed by atoms with Gasteiger partial charge in [0.2, 0.25) is 15.9 Å². The molecule has 2 N–H and O–H groups in total. The lowest BCUT2D eigenvalue weighted by Gasteiger charge is -2.20. The van der Waals surface area contributed by atoms with E-state index in [1.54, 1.807) is 30.3 Å². The van der Waals surface area contributed by atoms with Crippen LogP contribution in [-0.4, -0.2) is 25.3 Å². The number of nitro groups is 1. The Morgan fingerprint density at radius 3 is 2.42 bits per heavy atom. The normalized spacial score (nSPS) is 12.2. The molecule has 3 rings (SSSR count). The van der Waals surface area contributed by atoms with Gasteiger partial charge in [-0.15, -0.1) is 0 Å². The van der Waals surface area contributed by atoms with Gasteiger partial charge in [0.05, 0.1) is 21.2 Å². The number of rotatable bonds is 8. The van der Waals surface area contributed by atoms with Gasteiger partial charge in [-0.1, -0.05) is 59.6 Å². The lowest BCUT2D eigenvalue weighted by atomic mass is 10.1. The van der Waals surface area contributed by atoms with Crippen molar-refractivity contribution in [3.8, 4) is 0 Å². The number of hydrogen-bond donors (Lipinski definition) is 2. The van der Waals surface area contributed by atoms with Gasteiger partial charge in [-0.3, -0.25) is 14.9 Å². The number of sulfonamides is 1. The fourth-order valence-corrected chi connectivity index (χ4v) is 5.11. The Morgan fingerprint density at radius 1 is 1.06 bits per heavy atom. The maximum atomic E-state index is 13.1. The van der Waals surface area contributed by atoms with Gasteiger partial charge in [-0.25, -0.2) is 8.42 Å². The summed E-state index contributed by atoms with van der Waals surface area (Å²) in [4.78, 5) is 23.5. The fourth-order valence-electron chi connectivity index (χ4n) is 3.15. The van der Waals surface area contributed by atoms with E-state index in [2.05, 4.69) is 10.0 Å². The Morgan fingerprint density at radius 2 is 1.76 bits per heavy atom. The van der Waals surface area contributed by atoms with Crippen LogP contribution in [0.3, 0.4) is 0 Å². The van der Waals surface area contributed by atoms with E-state index in [0.29, 0.717) is 5.56 Å². The van der Waals surface area contributed by atoms with E-state index in [1.807, 2.05) is 0 Å². The summed E-state index contributed by atoms with van der Waals surface area (Å²) in [5.41, 5.74) is 0.981. The van der Waals surface area contributed by atoms with Crippen molar-refractivity contribution in [1.82, 2.24) is 4.72 Å². The molecule has 0 radical (unpaired) electrons. The first-order chi connectivity index (χ1) is 15.6. The Hall–Kier alpha value is -2.98. The Kier molecular flexibility index (Phi) is 7.70. The number of amides is 1. The van der Waals surface area contributed by atoms with E-state index in [-0.39, 0.29) is 38.3 Å². The van der Waals surface area contributed by atoms with Crippen molar-refractivity contribution in [1.29, 1.82) is 0 Å². The van der Waals surface area contributed by atoms with Crippen molar-refractivity contribution in [3.63, 3.8) is 0 Å². The van der Waals surface area contributed by atoms with Gasteiger partial charge in [-0.05, 0) is 43.2 Å². The zero-order valence-electron chi connectivity index (χ0n) is 17.3. The molecule has 172 valence electrons. The summed E-state index contributed by atoms with van der Waals surface area (Å²) in [7, 11) is -4.24. The van der Waals surface area contributed by atoms with Crippen molar-refractivity contribution < 1.29 is 18.1 Å². The van der Waals surface area contributed by atoms with Crippen LogP contribution in [0.2, 0.25) is 10.0 Å². The van der Waals surface area contributed by atoms with Crippen molar-refractivity contribution in [2.24, 2.45) is 0 Å². The third kappa shape index (κ3) is 6.08. The molecule has 0 heterocycles. The van der Waals surface area contributed by atoms with Crippen LogP contribution in [0.1, 0.15) is 11.1 Å². The number of hydrogen-bond acceptors (Lipinski definition) is 5. The van der Waals surface area contributed by atoms with E-state index in [9.17, 15) is 23.3 Å². The second-order valence-corrected chi connectivity index (χ2v) is 9.66. The van der Waals surface area contributed by atoms with Crippen LogP contribution < -0.4 is 10.0 Å². The largest absolute Gasteiger partial charge is 0.324 e. The summed E-state index contributed by atoms with van der Waals surface area (Å²) in [5, 5.41) is 13.9. The molecule has 0 saturated heterocycles. The van der Waals surface area contributed by atoms with Gasteiger partial charge in [-0.2, -0.15) is 4.72 Å². The number of carbonyl (C=O) groups excluding carboxylic acids is 1. The second-order valence-electron chi connectivity index (χ2n) is 7.13. The number of carbonyl (C=O) groups is 1. The molecule has 0 spiro atoms. The minimum Gasteiger partial charge on any atom is -0.324 e. The highest BCUT2D eigenvalue weighted by Gasteiger charge is 2.28. The van der Waals surface area contributed by atoms with Crippen LogP contribution in [0, 0.1) is 17.0 Å². The lowest BCUT2D eigenvalue weighted by Crippen LogP contribution is -2.45. The predicted molar refractivity (Wildman–Crippen MR) is 127 cm³/mol. The van der Waals surface area contributed by atoms with Crippen LogP contribution >= 0.6 is 23.2 Å². The van der Waals surface area contributed by atoms with Crippen LogP contribution in [-0.2, 0) is 21.2 Å². The molecule has 0 unspecified atom stereocenters. The Balaban J connectivity index is 1.95. The third-order valence-electron chi connectivity index (χ3n) is 4.84. The van der Waals surface area contributed by atoms with Gasteiger partial charge in [0.25, 0.3) is 5.69 Å². The molecular weight excluding hydrogens is 489 g/mol. The van der Waals surface area contributed by atoms with Crippen LogP contribution in [0.5, 0.6) is 0 Å². The molecule has 0 aliphatic heterocycles. The fraction of sp³-hybridized carbons (Fsp3) is 0.136. The average Bonchev–Trinajstić information content (AvgIpc) is 2.76. The van der Waals surface area contributed by atoms with Crippen LogP contribution in [0.15, 0.2) is 71.6 Å². The van der Waals surface area contributed by atoms with E-state index in [1.165, 1.54) is 43.3 Å². The topological polar surface area (TPSA) is 118 Å². The van der Waals surface area contributed by atoms with Crippen molar-refractivity contribution >= 4 is 50.5 Å². The monoisotopic (exact) mass is 507 g/mol.